The number of para-hydroxylation sites is 1. The molecule has 0 N–H and O–H groups in total. The van der Waals surface area contributed by atoms with Gasteiger partial charge in [-0.1, -0.05) is 18.2 Å². The second-order valence-electron chi connectivity index (χ2n) is 7.15. The molecule has 0 bridgehead atoms. The van der Waals surface area contributed by atoms with Gasteiger partial charge < -0.3 is 9.64 Å². The Bertz CT molecular complexity index is 965. The van der Waals surface area contributed by atoms with Crippen molar-refractivity contribution < 1.29 is 23.5 Å². The normalized spacial score (nSPS) is 13.9. The molecule has 0 atom stereocenters. The lowest BCUT2D eigenvalue weighted by atomic mass is 9.96. The van der Waals surface area contributed by atoms with Gasteiger partial charge in [-0.25, -0.2) is 4.39 Å². The zero-order chi connectivity index (χ0) is 22.2. The number of piperidine rings is 1. The fraction of sp³-hybridized carbons (Fsp3) is 0.304. The molecule has 2 aromatic rings. The van der Waals surface area contributed by atoms with Crippen molar-refractivity contribution in [3.8, 4) is 6.07 Å². The van der Waals surface area contributed by atoms with Crippen LogP contribution in [0.15, 0.2) is 54.6 Å². The number of hydrogen-bond acceptors (Lipinski definition) is 5. The van der Waals surface area contributed by atoms with Crippen LogP contribution in [0.4, 0.5) is 10.1 Å². The Labute approximate surface area is 179 Å². The van der Waals surface area contributed by atoms with Gasteiger partial charge in [-0.2, -0.15) is 5.26 Å². The molecule has 8 heteroatoms. The van der Waals surface area contributed by atoms with Crippen LogP contribution in [0.2, 0.25) is 0 Å². The number of nitrogens with zero attached hydrogens (tertiary/aromatic N) is 3. The minimum Gasteiger partial charge on any atom is -0.455 e. The highest BCUT2D eigenvalue weighted by Gasteiger charge is 2.29. The molecule has 31 heavy (non-hydrogen) atoms. The molecule has 160 valence electrons. The van der Waals surface area contributed by atoms with E-state index in [1.54, 1.807) is 35.2 Å². The van der Waals surface area contributed by atoms with E-state index in [0.717, 1.165) is 0 Å². The number of carbonyl (C=O) groups excluding carboxylic acids is 3. The van der Waals surface area contributed by atoms with Crippen LogP contribution < -0.4 is 4.90 Å². The molecule has 1 saturated heterocycles. The lowest BCUT2D eigenvalue weighted by molar-refractivity contribution is -0.153. The second-order valence-corrected chi connectivity index (χ2v) is 7.15. The first-order valence-corrected chi connectivity index (χ1v) is 9.93. The average Bonchev–Trinajstić information content (AvgIpc) is 2.81. The molecule has 1 heterocycles. The molecule has 0 aliphatic carbocycles. The van der Waals surface area contributed by atoms with Gasteiger partial charge in [-0.05, 0) is 49.2 Å². The molecule has 2 aromatic carbocycles. The number of nitriles is 1. The number of hydrogen-bond donors (Lipinski definition) is 0. The van der Waals surface area contributed by atoms with E-state index in [1.807, 2.05) is 6.07 Å². The maximum Gasteiger partial charge on any atom is 0.309 e. The Morgan fingerprint density at radius 2 is 1.71 bits per heavy atom. The molecule has 0 aromatic heterocycles. The first-order valence-electron chi connectivity index (χ1n) is 9.93. The average molecular weight is 423 g/mol. The maximum atomic E-state index is 13.0. The van der Waals surface area contributed by atoms with Crippen molar-refractivity contribution in [2.45, 2.75) is 12.8 Å². The summed E-state index contributed by atoms with van der Waals surface area (Å²) in [5.41, 5.74) is 0.948. The Morgan fingerprint density at radius 1 is 1.06 bits per heavy atom. The molecule has 3 rings (SSSR count). The lowest BCUT2D eigenvalue weighted by Gasteiger charge is -2.31. The van der Waals surface area contributed by atoms with Crippen molar-refractivity contribution in [2.75, 3.05) is 31.1 Å². The van der Waals surface area contributed by atoms with Gasteiger partial charge in [-0.3, -0.25) is 19.3 Å². The Balaban J connectivity index is 1.49. The molecule has 2 amide bonds. The summed E-state index contributed by atoms with van der Waals surface area (Å²) >= 11 is 0. The molecule has 1 aliphatic rings. The number of anilines is 1. The number of halogens is 1. The summed E-state index contributed by atoms with van der Waals surface area (Å²) < 4.78 is 18.2. The molecule has 7 nitrogen and oxygen atoms in total. The van der Waals surface area contributed by atoms with Gasteiger partial charge in [0.05, 0.1) is 12.0 Å². The molecule has 0 spiro atoms. The van der Waals surface area contributed by atoms with Crippen LogP contribution in [-0.4, -0.2) is 48.9 Å². The zero-order valence-electron chi connectivity index (χ0n) is 16.9. The van der Waals surface area contributed by atoms with Crippen LogP contribution in [0.1, 0.15) is 23.2 Å². The van der Waals surface area contributed by atoms with Crippen molar-refractivity contribution >= 4 is 23.5 Å². The van der Waals surface area contributed by atoms with Gasteiger partial charge in [0, 0.05) is 24.3 Å². The molecule has 0 saturated carbocycles. The zero-order valence-corrected chi connectivity index (χ0v) is 16.9. The highest BCUT2D eigenvalue weighted by molar-refractivity contribution is 5.96. The predicted molar refractivity (Wildman–Crippen MR) is 110 cm³/mol. The molecule has 1 fully saturated rings. The third-order valence-corrected chi connectivity index (χ3v) is 5.14. The van der Waals surface area contributed by atoms with E-state index in [1.165, 1.54) is 29.2 Å². The smallest absolute Gasteiger partial charge is 0.309 e. The van der Waals surface area contributed by atoms with E-state index in [-0.39, 0.29) is 12.5 Å². The molecular formula is C23H22FN3O4. The summed E-state index contributed by atoms with van der Waals surface area (Å²) in [4.78, 5) is 40.2. The van der Waals surface area contributed by atoms with E-state index in [2.05, 4.69) is 0 Å². The minimum atomic E-state index is -0.493. The lowest BCUT2D eigenvalue weighted by Crippen LogP contribution is -2.41. The molecular weight excluding hydrogens is 401 g/mol. The first-order chi connectivity index (χ1) is 15.0. The van der Waals surface area contributed by atoms with Crippen LogP contribution >= 0.6 is 0 Å². The quantitative estimate of drug-likeness (QED) is 0.526. The third-order valence-electron chi connectivity index (χ3n) is 5.14. The summed E-state index contributed by atoms with van der Waals surface area (Å²) in [5, 5.41) is 8.99. The summed E-state index contributed by atoms with van der Waals surface area (Å²) in [6.45, 7) is 0.136. The van der Waals surface area contributed by atoms with E-state index in [9.17, 15) is 18.8 Å². The van der Waals surface area contributed by atoms with Crippen molar-refractivity contribution in [2.24, 2.45) is 5.92 Å². The van der Waals surface area contributed by atoms with Gasteiger partial charge in [0.2, 0.25) is 0 Å². The minimum absolute atomic E-state index is 0.149. The van der Waals surface area contributed by atoms with Gasteiger partial charge in [0.25, 0.3) is 11.8 Å². The fourth-order valence-electron chi connectivity index (χ4n) is 3.42. The van der Waals surface area contributed by atoms with Crippen molar-refractivity contribution in [3.63, 3.8) is 0 Å². The summed E-state index contributed by atoms with van der Waals surface area (Å²) in [7, 11) is 0. The highest BCUT2D eigenvalue weighted by Crippen LogP contribution is 2.21. The van der Waals surface area contributed by atoms with Crippen LogP contribution in [-0.2, 0) is 14.3 Å². The Morgan fingerprint density at radius 3 is 2.32 bits per heavy atom. The second kappa shape index (κ2) is 10.3. The van der Waals surface area contributed by atoms with Gasteiger partial charge >= 0.3 is 5.97 Å². The topological polar surface area (TPSA) is 90.7 Å². The summed E-state index contributed by atoms with van der Waals surface area (Å²) in [6, 6.07) is 16.0. The molecule has 1 aliphatic heterocycles. The SMILES string of the molecule is N#CCN(C(=O)COC(=O)C1CCN(C(=O)c2ccc(F)cc2)CC1)c1ccccc1. The Kier molecular flexibility index (Phi) is 7.33. The number of rotatable bonds is 6. The molecule has 0 unspecified atom stereocenters. The maximum absolute atomic E-state index is 13.0. The number of benzene rings is 2. The monoisotopic (exact) mass is 423 g/mol. The molecule has 0 radical (unpaired) electrons. The number of likely N-dealkylation sites (tertiary alicyclic amines) is 1. The Hall–Kier alpha value is -3.73. The van der Waals surface area contributed by atoms with Crippen LogP contribution in [0, 0.1) is 23.1 Å². The van der Waals surface area contributed by atoms with E-state index in [4.69, 9.17) is 10.00 Å². The van der Waals surface area contributed by atoms with Gasteiger partial charge in [-0.15, -0.1) is 0 Å². The van der Waals surface area contributed by atoms with E-state index < -0.39 is 30.2 Å². The standard InChI is InChI=1S/C23H22FN3O4/c24-19-8-6-17(7-9-19)22(29)26-13-10-18(11-14-26)23(30)31-16-21(28)27(15-12-25)20-4-2-1-3-5-20/h1-9,18H,10-11,13-16H2. The van der Waals surface area contributed by atoms with Crippen LogP contribution in [0.5, 0.6) is 0 Å². The largest absolute Gasteiger partial charge is 0.455 e. The highest BCUT2D eigenvalue weighted by atomic mass is 19.1. The van der Waals surface area contributed by atoms with Crippen molar-refractivity contribution in [3.05, 3.63) is 66.0 Å². The number of carbonyl (C=O) groups is 3. The van der Waals surface area contributed by atoms with Crippen molar-refractivity contribution in [1.82, 2.24) is 4.90 Å². The summed E-state index contributed by atoms with van der Waals surface area (Å²) in [5.74, 6) is -2.01. The van der Waals surface area contributed by atoms with Gasteiger partial charge in [0.15, 0.2) is 6.61 Å². The summed E-state index contributed by atoms with van der Waals surface area (Å²) in [6.07, 6.45) is 0.834. The van der Waals surface area contributed by atoms with Crippen LogP contribution in [0.3, 0.4) is 0 Å². The van der Waals surface area contributed by atoms with E-state index >= 15 is 0 Å². The van der Waals surface area contributed by atoms with Crippen LogP contribution in [0.25, 0.3) is 0 Å². The third kappa shape index (κ3) is 5.66. The number of esters is 1. The number of ether oxygens (including phenoxy) is 1. The predicted octanol–water partition coefficient (Wildman–Crippen LogP) is 2.78. The number of amides is 2. The van der Waals surface area contributed by atoms with Gasteiger partial charge in [0.1, 0.15) is 12.4 Å². The fourth-order valence-corrected chi connectivity index (χ4v) is 3.42. The first kappa shape index (κ1) is 22.0. The van der Waals surface area contributed by atoms with E-state index in [0.29, 0.717) is 37.2 Å². The van der Waals surface area contributed by atoms with Crippen molar-refractivity contribution in [1.29, 1.82) is 5.26 Å².